The highest BCUT2D eigenvalue weighted by Gasteiger charge is 2.16. The van der Waals surface area contributed by atoms with Crippen LogP contribution in [-0.2, 0) is 13.6 Å². The van der Waals surface area contributed by atoms with E-state index >= 15 is 0 Å². The fourth-order valence-corrected chi connectivity index (χ4v) is 2.02. The summed E-state index contributed by atoms with van der Waals surface area (Å²) in [6.07, 6.45) is -0.928. The van der Waals surface area contributed by atoms with Crippen LogP contribution in [0.1, 0.15) is 5.82 Å². The second-order valence-corrected chi connectivity index (χ2v) is 4.49. The largest absolute Gasteiger partial charge is 0.395 e. The summed E-state index contributed by atoms with van der Waals surface area (Å²) in [4.78, 5) is 9.87. The molecular formula is C11H17F2N7O. The minimum Gasteiger partial charge on any atom is -0.395 e. The van der Waals surface area contributed by atoms with Crippen LogP contribution in [0, 0.1) is 0 Å². The number of aromatic nitrogens is 4. The molecule has 2 heterocycles. The van der Waals surface area contributed by atoms with Gasteiger partial charge >= 0.3 is 0 Å². The van der Waals surface area contributed by atoms with E-state index < -0.39 is 13.0 Å². The molecule has 0 saturated heterocycles. The normalized spacial score (nSPS) is 11.8. The van der Waals surface area contributed by atoms with E-state index in [1.165, 1.54) is 4.90 Å². The SMILES string of the molecule is Cn1ncc2c(NN)nc(CN(CCO)CC(F)F)nc21. The molecule has 0 saturated carbocycles. The van der Waals surface area contributed by atoms with Gasteiger partial charge in [0, 0.05) is 13.6 Å². The summed E-state index contributed by atoms with van der Waals surface area (Å²) >= 11 is 0. The molecule has 0 fully saturated rings. The molecule has 0 aliphatic carbocycles. The summed E-state index contributed by atoms with van der Waals surface area (Å²) in [5.41, 5.74) is 3.00. The average molecular weight is 301 g/mol. The van der Waals surface area contributed by atoms with Crippen LogP contribution in [0.15, 0.2) is 6.20 Å². The number of nitrogens with zero attached hydrogens (tertiary/aromatic N) is 5. The monoisotopic (exact) mass is 301 g/mol. The van der Waals surface area contributed by atoms with Crippen molar-refractivity contribution in [3.8, 4) is 0 Å². The molecule has 0 aromatic carbocycles. The number of alkyl halides is 2. The van der Waals surface area contributed by atoms with Crippen LogP contribution in [0.25, 0.3) is 11.0 Å². The molecule has 4 N–H and O–H groups in total. The predicted molar refractivity (Wildman–Crippen MR) is 72.5 cm³/mol. The van der Waals surface area contributed by atoms with Crippen molar-refractivity contribution in [3.05, 3.63) is 12.0 Å². The molecule has 10 heteroatoms. The maximum atomic E-state index is 12.5. The molecule has 0 aliphatic heterocycles. The van der Waals surface area contributed by atoms with Gasteiger partial charge in [0.15, 0.2) is 11.5 Å². The van der Waals surface area contributed by atoms with Crippen LogP contribution >= 0.6 is 0 Å². The van der Waals surface area contributed by atoms with Gasteiger partial charge in [-0.05, 0) is 0 Å². The van der Waals surface area contributed by atoms with E-state index in [0.717, 1.165) is 0 Å². The number of aliphatic hydroxyl groups excluding tert-OH is 1. The van der Waals surface area contributed by atoms with Crippen LogP contribution < -0.4 is 11.3 Å². The number of fused-ring (bicyclic) bond motifs is 1. The summed E-state index contributed by atoms with van der Waals surface area (Å²) in [6, 6.07) is 0. The Bertz CT molecular complexity index is 604. The number of nitrogen functional groups attached to an aromatic ring is 1. The lowest BCUT2D eigenvalue weighted by Gasteiger charge is -2.20. The number of hydrogen-bond donors (Lipinski definition) is 3. The van der Waals surface area contributed by atoms with Crippen molar-refractivity contribution in [3.63, 3.8) is 0 Å². The zero-order valence-electron chi connectivity index (χ0n) is 11.5. The first-order valence-electron chi connectivity index (χ1n) is 6.31. The van der Waals surface area contributed by atoms with Crippen molar-refractivity contribution in [1.29, 1.82) is 0 Å². The van der Waals surface area contributed by atoms with Crippen LogP contribution in [0.2, 0.25) is 0 Å². The van der Waals surface area contributed by atoms with Gasteiger partial charge in [-0.25, -0.2) is 24.6 Å². The molecule has 0 radical (unpaired) electrons. The predicted octanol–water partition coefficient (Wildman–Crippen LogP) is -0.292. The number of rotatable bonds is 7. The second kappa shape index (κ2) is 6.70. The first kappa shape index (κ1) is 15.5. The van der Waals surface area contributed by atoms with E-state index in [0.29, 0.717) is 22.7 Å². The van der Waals surface area contributed by atoms with Crippen molar-refractivity contribution in [1.82, 2.24) is 24.6 Å². The fraction of sp³-hybridized carbons (Fsp3) is 0.545. The van der Waals surface area contributed by atoms with E-state index in [1.54, 1.807) is 17.9 Å². The number of aryl methyl sites for hydroxylation is 1. The van der Waals surface area contributed by atoms with Crippen molar-refractivity contribution in [2.24, 2.45) is 12.9 Å². The van der Waals surface area contributed by atoms with Crippen LogP contribution in [0.5, 0.6) is 0 Å². The van der Waals surface area contributed by atoms with Gasteiger partial charge in [-0.3, -0.25) is 9.58 Å². The topological polar surface area (TPSA) is 105 Å². The maximum Gasteiger partial charge on any atom is 0.251 e. The lowest BCUT2D eigenvalue weighted by Crippen LogP contribution is -2.32. The molecule has 0 unspecified atom stereocenters. The number of aliphatic hydroxyl groups is 1. The van der Waals surface area contributed by atoms with Crippen molar-refractivity contribution in [2.75, 3.05) is 25.1 Å². The van der Waals surface area contributed by atoms with E-state index in [-0.39, 0.29) is 19.7 Å². The van der Waals surface area contributed by atoms with Gasteiger partial charge in [-0.2, -0.15) is 5.10 Å². The molecule has 8 nitrogen and oxygen atoms in total. The molecule has 0 aliphatic rings. The average Bonchev–Trinajstić information content (AvgIpc) is 2.79. The lowest BCUT2D eigenvalue weighted by atomic mass is 10.3. The quantitative estimate of drug-likeness (QED) is 0.476. The highest BCUT2D eigenvalue weighted by molar-refractivity contribution is 5.86. The molecule has 0 atom stereocenters. The van der Waals surface area contributed by atoms with Gasteiger partial charge in [0.05, 0.1) is 31.3 Å². The Morgan fingerprint density at radius 3 is 2.86 bits per heavy atom. The first-order chi connectivity index (χ1) is 10.0. The van der Waals surface area contributed by atoms with Gasteiger partial charge in [0.1, 0.15) is 5.82 Å². The smallest absolute Gasteiger partial charge is 0.251 e. The van der Waals surface area contributed by atoms with Crippen molar-refractivity contribution < 1.29 is 13.9 Å². The van der Waals surface area contributed by atoms with E-state index in [4.69, 9.17) is 10.9 Å². The zero-order valence-corrected chi connectivity index (χ0v) is 11.5. The highest BCUT2D eigenvalue weighted by atomic mass is 19.3. The number of hydrazine groups is 1. The van der Waals surface area contributed by atoms with Gasteiger partial charge in [-0.15, -0.1) is 0 Å². The third kappa shape index (κ3) is 3.60. The van der Waals surface area contributed by atoms with Gasteiger partial charge in [0.25, 0.3) is 6.43 Å². The third-order valence-electron chi connectivity index (χ3n) is 2.95. The molecule has 21 heavy (non-hydrogen) atoms. The summed E-state index contributed by atoms with van der Waals surface area (Å²) in [6.45, 7) is -0.482. The Kier molecular flexibility index (Phi) is 4.94. The maximum absolute atomic E-state index is 12.5. The number of halogens is 2. The summed E-state index contributed by atoms with van der Waals surface area (Å²) in [5, 5.41) is 13.6. The lowest BCUT2D eigenvalue weighted by molar-refractivity contribution is 0.0734. The number of anilines is 1. The molecular weight excluding hydrogens is 284 g/mol. The Labute approximate surface area is 119 Å². The highest BCUT2D eigenvalue weighted by Crippen LogP contribution is 2.19. The van der Waals surface area contributed by atoms with Crippen molar-refractivity contribution in [2.45, 2.75) is 13.0 Å². The Balaban J connectivity index is 2.29. The standard InChI is InChI=1S/C11H17F2N7O/c1-19-11-7(4-15-19)10(18-14)16-9(17-11)6-20(2-3-21)5-8(12)13/h4,8,21H,2-3,5-6,14H2,1H3,(H,16,17,18). The summed E-state index contributed by atoms with van der Waals surface area (Å²) in [7, 11) is 1.71. The Hall–Kier alpha value is -1.91. The molecule has 2 rings (SSSR count). The van der Waals surface area contributed by atoms with E-state index in [9.17, 15) is 8.78 Å². The first-order valence-corrected chi connectivity index (χ1v) is 6.31. The second-order valence-electron chi connectivity index (χ2n) is 4.49. The van der Waals surface area contributed by atoms with E-state index in [1.807, 2.05) is 0 Å². The minimum absolute atomic E-state index is 0.0840. The van der Waals surface area contributed by atoms with Gasteiger partial charge in [0.2, 0.25) is 0 Å². The molecule has 2 aromatic rings. The van der Waals surface area contributed by atoms with Gasteiger partial charge < -0.3 is 10.5 Å². The molecule has 2 aromatic heterocycles. The fourth-order valence-electron chi connectivity index (χ4n) is 2.02. The van der Waals surface area contributed by atoms with E-state index in [2.05, 4.69) is 20.5 Å². The Morgan fingerprint density at radius 2 is 2.24 bits per heavy atom. The molecule has 116 valence electrons. The molecule has 0 spiro atoms. The Morgan fingerprint density at radius 1 is 1.48 bits per heavy atom. The van der Waals surface area contributed by atoms with Gasteiger partial charge in [-0.1, -0.05) is 0 Å². The van der Waals surface area contributed by atoms with Crippen molar-refractivity contribution >= 4 is 16.9 Å². The zero-order chi connectivity index (χ0) is 15.4. The minimum atomic E-state index is -2.50. The number of hydrogen-bond acceptors (Lipinski definition) is 7. The summed E-state index contributed by atoms with van der Waals surface area (Å²) in [5.74, 6) is 6.12. The van der Waals surface area contributed by atoms with Crippen LogP contribution in [0.3, 0.4) is 0 Å². The third-order valence-corrected chi connectivity index (χ3v) is 2.95. The van der Waals surface area contributed by atoms with Crippen LogP contribution in [-0.4, -0.2) is 55.9 Å². The molecule has 0 amide bonds. The molecule has 0 bridgehead atoms. The van der Waals surface area contributed by atoms with Crippen LogP contribution in [0.4, 0.5) is 14.6 Å². The number of nitrogens with one attached hydrogen (secondary N) is 1. The number of nitrogens with two attached hydrogens (primary N) is 1. The summed E-state index contributed by atoms with van der Waals surface area (Å²) < 4.78 is 26.6.